The van der Waals surface area contributed by atoms with Crippen molar-refractivity contribution in [3.8, 4) is 5.75 Å². The van der Waals surface area contributed by atoms with E-state index in [9.17, 15) is 5.11 Å². The zero-order valence-electron chi connectivity index (χ0n) is 7.63. The number of benzene rings is 1. The predicted octanol–water partition coefficient (Wildman–Crippen LogP) is 3.64. The molecule has 0 aliphatic rings. The van der Waals surface area contributed by atoms with Crippen LogP contribution in [0.1, 0.15) is 24.9 Å². The topological polar surface area (TPSA) is 46.2 Å². The predicted molar refractivity (Wildman–Crippen MR) is 65.3 cm³/mol. The van der Waals surface area contributed by atoms with Crippen LogP contribution in [0.25, 0.3) is 0 Å². The van der Waals surface area contributed by atoms with Gasteiger partial charge in [0, 0.05) is 16.1 Å². The summed E-state index contributed by atoms with van der Waals surface area (Å²) in [7, 11) is 0. The Morgan fingerprint density at radius 1 is 1.57 bits per heavy atom. The molecule has 14 heavy (non-hydrogen) atoms. The number of rotatable bonds is 2. The number of phenols is 1. The van der Waals surface area contributed by atoms with Gasteiger partial charge in [-0.15, -0.1) is 12.4 Å². The highest BCUT2D eigenvalue weighted by molar-refractivity contribution is 9.10. The summed E-state index contributed by atoms with van der Waals surface area (Å²) in [6, 6.07) is 3.26. The molecule has 0 saturated heterocycles. The first kappa shape index (κ1) is 14.0. The van der Waals surface area contributed by atoms with E-state index in [0.717, 1.165) is 10.9 Å². The van der Waals surface area contributed by atoms with E-state index in [4.69, 9.17) is 17.3 Å². The van der Waals surface area contributed by atoms with Crippen LogP contribution in [0, 0.1) is 0 Å². The lowest BCUT2D eigenvalue weighted by Crippen LogP contribution is -2.08. The molecule has 0 spiro atoms. The molecule has 0 aliphatic carbocycles. The van der Waals surface area contributed by atoms with Crippen molar-refractivity contribution in [1.82, 2.24) is 0 Å². The minimum absolute atomic E-state index is 0. The van der Waals surface area contributed by atoms with Gasteiger partial charge in [0.25, 0.3) is 0 Å². The quantitative estimate of drug-likeness (QED) is 0.876. The molecule has 1 rings (SSSR count). The third-order valence-corrected chi connectivity index (χ3v) is 2.64. The summed E-state index contributed by atoms with van der Waals surface area (Å²) in [6.07, 6.45) is 0.764. The van der Waals surface area contributed by atoms with Gasteiger partial charge in [-0.25, -0.2) is 0 Å². The zero-order valence-corrected chi connectivity index (χ0v) is 10.8. The fourth-order valence-corrected chi connectivity index (χ4v) is 1.92. The molecule has 3 N–H and O–H groups in total. The summed E-state index contributed by atoms with van der Waals surface area (Å²) in [5.41, 5.74) is 6.48. The van der Waals surface area contributed by atoms with E-state index < -0.39 is 0 Å². The zero-order chi connectivity index (χ0) is 10.0. The summed E-state index contributed by atoms with van der Waals surface area (Å²) >= 11 is 9.08. The molecule has 2 nitrogen and oxygen atoms in total. The molecule has 0 saturated carbocycles. The van der Waals surface area contributed by atoms with Crippen molar-refractivity contribution < 1.29 is 5.11 Å². The fourth-order valence-electron chi connectivity index (χ4n) is 1.09. The molecule has 0 unspecified atom stereocenters. The Hall–Kier alpha value is 0.0400. The van der Waals surface area contributed by atoms with Gasteiger partial charge in [-0.3, -0.25) is 0 Å². The molecule has 0 radical (unpaired) electrons. The van der Waals surface area contributed by atoms with Crippen molar-refractivity contribution in [2.45, 2.75) is 19.4 Å². The number of hydrogen-bond acceptors (Lipinski definition) is 2. The van der Waals surface area contributed by atoms with E-state index in [1.807, 2.05) is 6.92 Å². The lowest BCUT2D eigenvalue weighted by Gasteiger charge is -2.12. The number of aromatic hydroxyl groups is 1. The van der Waals surface area contributed by atoms with Gasteiger partial charge in [0.05, 0.1) is 5.02 Å². The molecular formula is C9H12BrCl2NO. The van der Waals surface area contributed by atoms with Gasteiger partial charge in [0.2, 0.25) is 0 Å². The van der Waals surface area contributed by atoms with Crippen LogP contribution in [0.15, 0.2) is 16.6 Å². The summed E-state index contributed by atoms with van der Waals surface area (Å²) in [5, 5.41) is 9.92. The Balaban J connectivity index is 0.00000169. The van der Waals surface area contributed by atoms with Crippen LogP contribution in [0.5, 0.6) is 5.75 Å². The standard InChI is InChI=1S/C9H11BrClNO.ClH/c1-2-8(12)6-3-5(10)4-7(11)9(6)13;/h3-4,8,13H,2,12H2,1H3;1H/t8-;/m0./s1. The normalized spacial score (nSPS) is 12.0. The van der Waals surface area contributed by atoms with Gasteiger partial charge in [-0.05, 0) is 18.6 Å². The number of phenolic OH excluding ortho intramolecular Hbond substituents is 1. The Bertz CT molecular complexity index is 320. The van der Waals surface area contributed by atoms with Crippen LogP contribution in [-0.4, -0.2) is 5.11 Å². The van der Waals surface area contributed by atoms with Crippen LogP contribution < -0.4 is 5.73 Å². The van der Waals surface area contributed by atoms with Gasteiger partial charge in [-0.1, -0.05) is 34.5 Å². The molecule has 0 heterocycles. The number of nitrogens with two attached hydrogens (primary N) is 1. The molecule has 0 aliphatic heterocycles. The second-order valence-electron chi connectivity index (χ2n) is 2.84. The van der Waals surface area contributed by atoms with Gasteiger partial charge in [-0.2, -0.15) is 0 Å². The van der Waals surface area contributed by atoms with E-state index >= 15 is 0 Å². The third kappa shape index (κ3) is 3.02. The molecule has 80 valence electrons. The Morgan fingerprint density at radius 2 is 2.14 bits per heavy atom. The minimum atomic E-state index is -0.171. The smallest absolute Gasteiger partial charge is 0.139 e. The third-order valence-electron chi connectivity index (χ3n) is 1.90. The Kier molecular flexibility index (Phi) is 5.83. The van der Waals surface area contributed by atoms with Gasteiger partial charge in [0.15, 0.2) is 0 Å². The van der Waals surface area contributed by atoms with Crippen LogP contribution >= 0.6 is 39.9 Å². The first-order valence-electron chi connectivity index (χ1n) is 3.99. The first-order valence-corrected chi connectivity index (χ1v) is 5.16. The molecular weight excluding hydrogens is 289 g/mol. The average Bonchev–Trinajstić information content (AvgIpc) is 2.10. The average molecular weight is 301 g/mol. The van der Waals surface area contributed by atoms with Crippen LogP contribution in [0.3, 0.4) is 0 Å². The SMILES string of the molecule is CC[C@H](N)c1cc(Br)cc(Cl)c1O.Cl. The van der Waals surface area contributed by atoms with E-state index in [0.29, 0.717) is 10.6 Å². The highest BCUT2D eigenvalue weighted by Crippen LogP contribution is 2.34. The van der Waals surface area contributed by atoms with E-state index in [1.54, 1.807) is 12.1 Å². The fraction of sp³-hybridized carbons (Fsp3) is 0.333. The van der Waals surface area contributed by atoms with Crippen molar-refractivity contribution in [3.05, 3.63) is 27.2 Å². The van der Waals surface area contributed by atoms with E-state index in [-0.39, 0.29) is 24.2 Å². The first-order chi connectivity index (χ1) is 6.06. The van der Waals surface area contributed by atoms with Crippen molar-refractivity contribution in [3.63, 3.8) is 0 Å². The van der Waals surface area contributed by atoms with Gasteiger partial charge < -0.3 is 10.8 Å². The molecule has 0 bridgehead atoms. The Labute approximate surface area is 103 Å². The Morgan fingerprint density at radius 3 is 2.64 bits per heavy atom. The van der Waals surface area contributed by atoms with Crippen molar-refractivity contribution in [2.75, 3.05) is 0 Å². The molecule has 5 heteroatoms. The lowest BCUT2D eigenvalue weighted by molar-refractivity contribution is 0.460. The molecule has 1 aromatic carbocycles. The largest absolute Gasteiger partial charge is 0.506 e. The molecule has 0 amide bonds. The van der Waals surface area contributed by atoms with Crippen molar-refractivity contribution >= 4 is 39.9 Å². The minimum Gasteiger partial charge on any atom is -0.506 e. The molecule has 0 aromatic heterocycles. The number of halogens is 3. The van der Waals surface area contributed by atoms with Gasteiger partial charge >= 0.3 is 0 Å². The van der Waals surface area contributed by atoms with Crippen molar-refractivity contribution in [2.24, 2.45) is 5.73 Å². The summed E-state index contributed by atoms with van der Waals surface area (Å²) < 4.78 is 0.828. The monoisotopic (exact) mass is 299 g/mol. The maximum atomic E-state index is 9.59. The lowest BCUT2D eigenvalue weighted by atomic mass is 10.0. The molecule has 0 fully saturated rings. The summed E-state index contributed by atoms with van der Waals surface area (Å²) in [6.45, 7) is 1.96. The highest BCUT2D eigenvalue weighted by atomic mass is 79.9. The summed E-state index contributed by atoms with van der Waals surface area (Å²) in [4.78, 5) is 0. The van der Waals surface area contributed by atoms with Crippen LogP contribution in [-0.2, 0) is 0 Å². The molecule has 1 atom stereocenters. The second-order valence-corrected chi connectivity index (χ2v) is 4.16. The maximum Gasteiger partial charge on any atom is 0.139 e. The van der Waals surface area contributed by atoms with Gasteiger partial charge in [0.1, 0.15) is 5.75 Å². The second kappa shape index (κ2) is 5.81. The highest BCUT2D eigenvalue weighted by Gasteiger charge is 2.12. The van der Waals surface area contributed by atoms with Crippen LogP contribution in [0.2, 0.25) is 5.02 Å². The molecule has 1 aromatic rings. The maximum absolute atomic E-state index is 9.59. The van der Waals surface area contributed by atoms with E-state index in [2.05, 4.69) is 15.9 Å². The van der Waals surface area contributed by atoms with Crippen molar-refractivity contribution in [1.29, 1.82) is 0 Å². The number of hydrogen-bond donors (Lipinski definition) is 2. The van der Waals surface area contributed by atoms with Crippen LogP contribution in [0.4, 0.5) is 0 Å². The van der Waals surface area contributed by atoms with E-state index in [1.165, 1.54) is 0 Å². The summed E-state index contributed by atoms with van der Waals surface area (Å²) in [5.74, 6) is 0.0826.